The van der Waals surface area contributed by atoms with Crippen molar-refractivity contribution < 1.29 is 19.4 Å². The number of Topliss-reactive ketones (excluding diaryl/α,β-unsaturated/α-hetero) is 1. The Morgan fingerprint density at radius 3 is 2.50 bits per heavy atom. The Bertz CT molecular complexity index is 391. The standard InChI is InChI=1S/C13H17NO4/c14-11(12(15)6-7-13(16)17)9-18-8-10-4-2-1-3-5-10/h1-5,11H,6-9,14H2,(H,16,17). The normalized spacial score (nSPS) is 12.1. The first kappa shape index (κ1) is 14.3. The van der Waals surface area contributed by atoms with Gasteiger partial charge in [-0.25, -0.2) is 0 Å². The lowest BCUT2D eigenvalue weighted by Gasteiger charge is -2.10. The van der Waals surface area contributed by atoms with Gasteiger partial charge in [0.2, 0.25) is 0 Å². The number of carboxylic acids is 1. The summed E-state index contributed by atoms with van der Waals surface area (Å²) in [4.78, 5) is 21.7. The van der Waals surface area contributed by atoms with E-state index in [1.807, 2.05) is 30.3 Å². The van der Waals surface area contributed by atoms with E-state index in [1.165, 1.54) is 0 Å². The molecule has 0 bridgehead atoms. The van der Waals surface area contributed by atoms with Crippen molar-refractivity contribution in [2.45, 2.75) is 25.5 Å². The molecule has 1 rings (SSSR count). The van der Waals surface area contributed by atoms with E-state index in [0.717, 1.165) is 5.56 Å². The highest BCUT2D eigenvalue weighted by Crippen LogP contribution is 2.02. The van der Waals surface area contributed by atoms with Crippen LogP contribution >= 0.6 is 0 Å². The lowest BCUT2D eigenvalue weighted by molar-refractivity contribution is -0.138. The van der Waals surface area contributed by atoms with Crippen LogP contribution in [0, 0.1) is 0 Å². The molecule has 1 atom stereocenters. The summed E-state index contributed by atoms with van der Waals surface area (Å²) in [6, 6.07) is 8.78. The van der Waals surface area contributed by atoms with E-state index in [-0.39, 0.29) is 25.2 Å². The molecule has 0 aliphatic heterocycles. The minimum absolute atomic E-state index is 0.0504. The number of nitrogens with two attached hydrogens (primary N) is 1. The van der Waals surface area contributed by atoms with Crippen LogP contribution in [-0.4, -0.2) is 29.5 Å². The molecule has 1 aromatic carbocycles. The maximum atomic E-state index is 11.4. The Hall–Kier alpha value is -1.72. The van der Waals surface area contributed by atoms with Gasteiger partial charge in [-0.3, -0.25) is 9.59 Å². The number of ketones is 1. The van der Waals surface area contributed by atoms with Gasteiger partial charge in [0.05, 0.1) is 25.7 Å². The summed E-state index contributed by atoms with van der Waals surface area (Å²) in [5.74, 6) is -1.29. The largest absolute Gasteiger partial charge is 0.481 e. The second-order valence-electron chi connectivity index (χ2n) is 3.97. The van der Waals surface area contributed by atoms with Crippen LogP contribution in [0.1, 0.15) is 18.4 Å². The van der Waals surface area contributed by atoms with Gasteiger partial charge in [-0.15, -0.1) is 0 Å². The lowest BCUT2D eigenvalue weighted by Crippen LogP contribution is -2.35. The first-order valence-corrected chi connectivity index (χ1v) is 5.71. The van der Waals surface area contributed by atoms with Gasteiger partial charge in [-0.2, -0.15) is 0 Å². The van der Waals surface area contributed by atoms with E-state index in [4.69, 9.17) is 15.6 Å². The maximum Gasteiger partial charge on any atom is 0.303 e. The Labute approximate surface area is 106 Å². The summed E-state index contributed by atoms with van der Waals surface area (Å²) in [7, 11) is 0. The highest BCUT2D eigenvalue weighted by atomic mass is 16.5. The fraction of sp³-hybridized carbons (Fsp3) is 0.385. The van der Waals surface area contributed by atoms with Crippen molar-refractivity contribution >= 4 is 11.8 Å². The number of hydrogen-bond acceptors (Lipinski definition) is 4. The van der Waals surface area contributed by atoms with Crippen LogP contribution in [0.5, 0.6) is 0 Å². The van der Waals surface area contributed by atoms with Crippen LogP contribution in [0.3, 0.4) is 0 Å². The maximum absolute atomic E-state index is 11.4. The average Bonchev–Trinajstić information content (AvgIpc) is 2.37. The number of carbonyl (C=O) groups is 2. The van der Waals surface area contributed by atoms with Crippen molar-refractivity contribution in [3.63, 3.8) is 0 Å². The Kier molecular flexibility index (Phi) is 6.04. The van der Waals surface area contributed by atoms with E-state index >= 15 is 0 Å². The molecule has 5 nitrogen and oxygen atoms in total. The van der Waals surface area contributed by atoms with Crippen LogP contribution in [0.25, 0.3) is 0 Å². The zero-order valence-corrected chi connectivity index (χ0v) is 10.0. The number of hydrogen-bond donors (Lipinski definition) is 2. The van der Waals surface area contributed by atoms with Crippen LogP contribution in [0.4, 0.5) is 0 Å². The SMILES string of the molecule is NC(COCc1ccccc1)C(=O)CCC(=O)O. The smallest absolute Gasteiger partial charge is 0.303 e. The zero-order chi connectivity index (χ0) is 13.4. The van der Waals surface area contributed by atoms with Gasteiger partial charge in [-0.1, -0.05) is 30.3 Å². The minimum Gasteiger partial charge on any atom is -0.481 e. The number of ether oxygens (including phenoxy) is 1. The van der Waals surface area contributed by atoms with E-state index < -0.39 is 12.0 Å². The fourth-order valence-corrected chi connectivity index (χ4v) is 1.39. The Morgan fingerprint density at radius 1 is 1.22 bits per heavy atom. The van der Waals surface area contributed by atoms with E-state index in [9.17, 15) is 9.59 Å². The molecule has 0 aliphatic carbocycles. The van der Waals surface area contributed by atoms with Gasteiger partial charge in [0.15, 0.2) is 5.78 Å². The van der Waals surface area contributed by atoms with Gasteiger partial charge in [-0.05, 0) is 5.56 Å². The van der Waals surface area contributed by atoms with Crippen LogP contribution in [0.2, 0.25) is 0 Å². The van der Waals surface area contributed by atoms with Crippen molar-refractivity contribution in [2.24, 2.45) is 5.73 Å². The highest BCUT2D eigenvalue weighted by molar-refractivity contribution is 5.86. The van der Waals surface area contributed by atoms with Crippen LogP contribution in [0.15, 0.2) is 30.3 Å². The van der Waals surface area contributed by atoms with Gasteiger partial charge in [0.25, 0.3) is 0 Å². The lowest BCUT2D eigenvalue weighted by atomic mass is 10.1. The molecule has 0 saturated heterocycles. The Morgan fingerprint density at radius 2 is 1.89 bits per heavy atom. The second-order valence-corrected chi connectivity index (χ2v) is 3.97. The summed E-state index contributed by atoms with van der Waals surface area (Å²) < 4.78 is 5.32. The molecule has 0 aromatic heterocycles. The molecule has 0 spiro atoms. The van der Waals surface area contributed by atoms with Crippen molar-refractivity contribution in [3.8, 4) is 0 Å². The number of benzene rings is 1. The molecule has 1 aromatic rings. The molecule has 0 saturated carbocycles. The topological polar surface area (TPSA) is 89.6 Å². The molecule has 0 fully saturated rings. The molecule has 0 aliphatic rings. The molecule has 98 valence electrons. The predicted octanol–water partition coefficient (Wildman–Crippen LogP) is 0.964. The molecular formula is C13H17NO4. The average molecular weight is 251 g/mol. The third kappa shape index (κ3) is 5.56. The molecule has 5 heteroatoms. The van der Waals surface area contributed by atoms with Crippen LogP contribution < -0.4 is 5.73 Å². The minimum atomic E-state index is -0.999. The second kappa shape index (κ2) is 7.58. The summed E-state index contributed by atoms with van der Waals surface area (Å²) >= 11 is 0. The summed E-state index contributed by atoms with van der Waals surface area (Å²) in [6.07, 6.45) is -0.240. The van der Waals surface area contributed by atoms with Gasteiger partial charge >= 0.3 is 5.97 Å². The van der Waals surface area contributed by atoms with Gasteiger partial charge < -0.3 is 15.6 Å². The zero-order valence-electron chi connectivity index (χ0n) is 10.0. The van der Waals surface area contributed by atoms with E-state index in [0.29, 0.717) is 6.61 Å². The van der Waals surface area contributed by atoms with Crippen LogP contribution in [-0.2, 0) is 20.9 Å². The van der Waals surface area contributed by atoms with Gasteiger partial charge in [0.1, 0.15) is 0 Å². The molecule has 0 amide bonds. The van der Waals surface area contributed by atoms with E-state index in [1.54, 1.807) is 0 Å². The molecular weight excluding hydrogens is 234 g/mol. The predicted molar refractivity (Wildman–Crippen MR) is 66.0 cm³/mol. The molecule has 0 heterocycles. The quantitative estimate of drug-likeness (QED) is 0.718. The Balaban J connectivity index is 2.22. The summed E-state index contributed by atoms with van der Waals surface area (Å²) in [5.41, 5.74) is 6.60. The third-order valence-electron chi connectivity index (χ3n) is 2.41. The number of rotatable bonds is 8. The molecule has 1 unspecified atom stereocenters. The first-order chi connectivity index (χ1) is 8.59. The van der Waals surface area contributed by atoms with Crippen molar-refractivity contribution in [3.05, 3.63) is 35.9 Å². The summed E-state index contributed by atoms with van der Waals surface area (Å²) in [6.45, 7) is 0.494. The summed E-state index contributed by atoms with van der Waals surface area (Å²) in [5, 5.41) is 8.44. The van der Waals surface area contributed by atoms with E-state index in [2.05, 4.69) is 0 Å². The first-order valence-electron chi connectivity index (χ1n) is 5.71. The fourth-order valence-electron chi connectivity index (χ4n) is 1.39. The number of carboxylic acid groups (broad SMARTS) is 1. The van der Waals surface area contributed by atoms with Crippen molar-refractivity contribution in [1.82, 2.24) is 0 Å². The molecule has 3 N–H and O–H groups in total. The number of carbonyl (C=O) groups excluding carboxylic acids is 1. The molecule has 18 heavy (non-hydrogen) atoms. The van der Waals surface area contributed by atoms with Crippen molar-refractivity contribution in [2.75, 3.05) is 6.61 Å². The molecule has 0 radical (unpaired) electrons. The highest BCUT2D eigenvalue weighted by Gasteiger charge is 2.14. The van der Waals surface area contributed by atoms with Crippen molar-refractivity contribution in [1.29, 1.82) is 0 Å². The van der Waals surface area contributed by atoms with Gasteiger partial charge in [0, 0.05) is 6.42 Å². The third-order valence-corrected chi connectivity index (χ3v) is 2.41. The number of aliphatic carboxylic acids is 1. The monoisotopic (exact) mass is 251 g/mol.